The van der Waals surface area contributed by atoms with Crippen molar-refractivity contribution in [2.24, 2.45) is 0 Å². The highest BCUT2D eigenvalue weighted by molar-refractivity contribution is 8.00. The Morgan fingerprint density at radius 3 is 2.53 bits per heavy atom. The standard InChI is InChI=1S/C11H18N2O3S/c1-17-11(4-5-11)7-12-10(16)13(6-9(14)15)8-2-3-8/h8H,2-7H2,1H3,(H,12,16)(H,14,15). The number of hydrogen-bond acceptors (Lipinski definition) is 3. The van der Waals surface area contributed by atoms with Crippen LogP contribution in [-0.4, -0.2) is 52.1 Å². The van der Waals surface area contributed by atoms with Crippen LogP contribution in [0.2, 0.25) is 0 Å². The van der Waals surface area contributed by atoms with Crippen LogP contribution in [0.4, 0.5) is 4.79 Å². The molecular weight excluding hydrogens is 240 g/mol. The lowest BCUT2D eigenvalue weighted by molar-refractivity contribution is -0.137. The number of aliphatic carboxylic acids is 1. The number of carboxylic acids is 1. The van der Waals surface area contributed by atoms with Gasteiger partial charge in [0.15, 0.2) is 0 Å². The zero-order chi connectivity index (χ0) is 12.5. The monoisotopic (exact) mass is 258 g/mol. The van der Waals surface area contributed by atoms with Gasteiger partial charge in [0.05, 0.1) is 0 Å². The molecule has 96 valence electrons. The van der Waals surface area contributed by atoms with E-state index in [4.69, 9.17) is 5.11 Å². The van der Waals surface area contributed by atoms with Crippen LogP contribution in [0, 0.1) is 0 Å². The summed E-state index contributed by atoms with van der Waals surface area (Å²) in [6.07, 6.45) is 6.17. The number of hydrogen-bond donors (Lipinski definition) is 2. The molecule has 0 radical (unpaired) electrons. The van der Waals surface area contributed by atoms with Gasteiger partial charge in [-0.05, 0) is 31.9 Å². The third-order valence-electron chi connectivity index (χ3n) is 3.36. The third-order valence-corrected chi connectivity index (χ3v) is 4.78. The summed E-state index contributed by atoms with van der Waals surface area (Å²) in [5.41, 5.74) is 0. The van der Waals surface area contributed by atoms with Gasteiger partial charge in [0.2, 0.25) is 0 Å². The van der Waals surface area contributed by atoms with Crippen LogP contribution < -0.4 is 5.32 Å². The highest BCUT2D eigenvalue weighted by Crippen LogP contribution is 2.46. The summed E-state index contributed by atoms with van der Waals surface area (Å²) in [6, 6.07) is -0.0919. The number of rotatable bonds is 6. The highest BCUT2D eigenvalue weighted by atomic mass is 32.2. The van der Waals surface area contributed by atoms with Crippen molar-refractivity contribution in [1.29, 1.82) is 0 Å². The number of thioether (sulfide) groups is 1. The maximum absolute atomic E-state index is 11.9. The summed E-state index contributed by atoms with van der Waals surface area (Å²) in [4.78, 5) is 24.0. The second-order valence-corrected chi connectivity index (χ2v) is 6.07. The van der Waals surface area contributed by atoms with E-state index in [1.807, 2.05) is 0 Å². The van der Waals surface area contributed by atoms with Crippen molar-refractivity contribution >= 4 is 23.8 Å². The van der Waals surface area contributed by atoms with Gasteiger partial charge in [-0.15, -0.1) is 0 Å². The fourth-order valence-corrected chi connectivity index (χ4v) is 2.56. The molecule has 0 unspecified atom stereocenters. The molecule has 17 heavy (non-hydrogen) atoms. The van der Waals surface area contributed by atoms with E-state index in [1.54, 1.807) is 11.8 Å². The first-order valence-corrected chi connectivity index (χ1v) is 7.10. The summed E-state index contributed by atoms with van der Waals surface area (Å²) < 4.78 is 0.216. The van der Waals surface area contributed by atoms with Crippen molar-refractivity contribution in [2.75, 3.05) is 19.3 Å². The summed E-state index contributed by atoms with van der Waals surface area (Å²) >= 11 is 1.78. The highest BCUT2D eigenvalue weighted by Gasteiger charge is 2.43. The molecule has 6 heteroatoms. The molecule has 0 atom stereocenters. The number of nitrogens with one attached hydrogen (secondary N) is 1. The Bertz CT molecular complexity index is 327. The van der Waals surface area contributed by atoms with Gasteiger partial charge in [0, 0.05) is 17.3 Å². The van der Waals surface area contributed by atoms with Crippen molar-refractivity contribution in [2.45, 2.75) is 36.5 Å². The van der Waals surface area contributed by atoms with E-state index in [0.717, 1.165) is 25.7 Å². The van der Waals surface area contributed by atoms with Gasteiger partial charge in [-0.2, -0.15) is 11.8 Å². The number of amides is 2. The van der Waals surface area contributed by atoms with Crippen LogP contribution in [-0.2, 0) is 4.79 Å². The largest absolute Gasteiger partial charge is 0.480 e. The van der Waals surface area contributed by atoms with Crippen LogP contribution in [0.1, 0.15) is 25.7 Å². The minimum absolute atomic E-state index is 0.135. The zero-order valence-corrected chi connectivity index (χ0v) is 10.8. The predicted octanol–water partition coefficient (Wildman–Crippen LogP) is 1.14. The normalized spacial score (nSPS) is 20.8. The predicted molar refractivity (Wildman–Crippen MR) is 66.2 cm³/mol. The Labute approximate surface area is 105 Å². The lowest BCUT2D eigenvalue weighted by Gasteiger charge is -2.22. The SMILES string of the molecule is CSC1(CNC(=O)N(CC(=O)O)C2CC2)CC1. The molecule has 0 heterocycles. The molecule has 2 amide bonds. The van der Waals surface area contributed by atoms with E-state index in [0.29, 0.717) is 6.54 Å². The van der Waals surface area contributed by atoms with E-state index in [-0.39, 0.29) is 23.4 Å². The van der Waals surface area contributed by atoms with Crippen molar-refractivity contribution in [3.8, 4) is 0 Å². The first kappa shape index (κ1) is 12.5. The van der Waals surface area contributed by atoms with Gasteiger partial charge in [0.1, 0.15) is 6.54 Å². The second-order valence-electron chi connectivity index (χ2n) is 4.80. The Hall–Kier alpha value is -0.910. The summed E-state index contributed by atoms with van der Waals surface area (Å²) in [7, 11) is 0. The van der Waals surface area contributed by atoms with E-state index < -0.39 is 5.97 Å². The van der Waals surface area contributed by atoms with Crippen LogP contribution in [0.25, 0.3) is 0 Å². The van der Waals surface area contributed by atoms with Crippen LogP contribution >= 0.6 is 11.8 Å². The van der Waals surface area contributed by atoms with Crippen LogP contribution in [0.3, 0.4) is 0 Å². The van der Waals surface area contributed by atoms with Crippen molar-refractivity contribution in [1.82, 2.24) is 10.2 Å². The second kappa shape index (κ2) is 4.76. The molecule has 2 aliphatic carbocycles. The number of urea groups is 1. The van der Waals surface area contributed by atoms with Gasteiger partial charge < -0.3 is 15.3 Å². The van der Waals surface area contributed by atoms with E-state index in [9.17, 15) is 9.59 Å². The molecule has 2 saturated carbocycles. The van der Waals surface area contributed by atoms with E-state index in [1.165, 1.54) is 4.90 Å². The molecule has 0 aromatic heterocycles. The molecule has 0 saturated heterocycles. The van der Waals surface area contributed by atoms with Crippen LogP contribution in [0.5, 0.6) is 0 Å². The Kier molecular flexibility index (Phi) is 3.51. The number of carboxylic acid groups (broad SMARTS) is 1. The Morgan fingerprint density at radius 1 is 1.47 bits per heavy atom. The number of carbonyl (C=O) groups is 2. The maximum Gasteiger partial charge on any atom is 0.323 e. The van der Waals surface area contributed by atoms with Gasteiger partial charge >= 0.3 is 12.0 Å². The van der Waals surface area contributed by atoms with E-state index >= 15 is 0 Å². The quantitative estimate of drug-likeness (QED) is 0.749. The van der Waals surface area contributed by atoms with Gasteiger partial charge in [-0.3, -0.25) is 4.79 Å². The number of carbonyl (C=O) groups excluding carboxylic acids is 1. The summed E-state index contributed by atoms with van der Waals surface area (Å²) in [5.74, 6) is -0.946. The molecule has 0 aliphatic heterocycles. The summed E-state index contributed by atoms with van der Waals surface area (Å²) in [5, 5.41) is 11.6. The molecule has 0 bridgehead atoms. The third kappa shape index (κ3) is 3.28. The van der Waals surface area contributed by atoms with Gasteiger partial charge in [0.25, 0.3) is 0 Å². The minimum atomic E-state index is -0.946. The summed E-state index contributed by atoms with van der Waals surface area (Å²) in [6.45, 7) is 0.457. The minimum Gasteiger partial charge on any atom is -0.480 e. The molecule has 5 nitrogen and oxygen atoms in total. The molecule has 2 aliphatic rings. The van der Waals surface area contributed by atoms with Gasteiger partial charge in [-0.25, -0.2) is 4.79 Å². The van der Waals surface area contributed by atoms with Crippen molar-refractivity contribution < 1.29 is 14.7 Å². The fourth-order valence-electron chi connectivity index (χ4n) is 1.83. The average molecular weight is 258 g/mol. The molecule has 2 rings (SSSR count). The lowest BCUT2D eigenvalue weighted by Crippen LogP contribution is -2.46. The smallest absolute Gasteiger partial charge is 0.323 e. The lowest BCUT2D eigenvalue weighted by atomic mass is 10.4. The molecule has 2 fully saturated rings. The average Bonchev–Trinajstić information content (AvgIpc) is 3.16. The molecule has 2 N–H and O–H groups in total. The van der Waals surface area contributed by atoms with Crippen molar-refractivity contribution in [3.63, 3.8) is 0 Å². The van der Waals surface area contributed by atoms with Crippen molar-refractivity contribution in [3.05, 3.63) is 0 Å². The maximum atomic E-state index is 11.9. The molecular formula is C11H18N2O3S. The molecule has 0 aromatic carbocycles. The first-order chi connectivity index (χ1) is 8.06. The van der Waals surface area contributed by atoms with E-state index in [2.05, 4.69) is 11.6 Å². The topological polar surface area (TPSA) is 69.6 Å². The zero-order valence-electron chi connectivity index (χ0n) is 9.94. The number of nitrogens with zero attached hydrogens (tertiary/aromatic N) is 1. The Morgan fingerprint density at radius 2 is 2.12 bits per heavy atom. The Balaban J connectivity index is 1.81. The van der Waals surface area contributed by atoms with Crippen LogP contribution in [0.15, 0.2) is 0 Å². The molecule has 0 spiro atoms. The van der Waals surface area contributed by atoms with Gasteiger partial charge in [-0.1, -0.05) is 0 Å². The first-order valence-electron chi connectivity index (χ1n) is 5.88. The molecule has 0 aromatic rings. The fraction of sp³-hybridized carbons (Fsp3) is 0.818.